The first-order valence-electron chi connectivity index (χ1n) is 7.38. The molecule has 0 saturated carbocycles. The lowest BCUT2D eigenvalue weighted by atomic mass is 9.75. The zero-order chi connectivity index (χ0) is 17.6. The van der Waals surface area contributed by atoms with Crippen LogP contribution in [0.5, 0.6) is 11.5 Å². The van der Waals surface area contributed by atoms with Gasteiger partial charge in [0.1, 0.15) is 10.8 Å². The average molecular weight is 385 g/mol. The normalized spacial score (nSPS) is 25.5. The van der Waals surface area contributed by atoms with Gasteiger partial charge in [-0.05, 0) is 36.0 Å². The maximum Gasteiger partial charge on any atom is 0.236 e. The number of methoxy groups -OCH3 is 1. The third-order valence-electron chi connectivity index (χ3n) is 4.54. The highest BCUT2D eigenvalue weighted by molar-refractivity contribution is 8.02. The van der Waals surface area contributed by atoms with E-state index in [4.69, 9.17) is 21.1 Å². The summed E-state index contributed by atoms with van der Waals surface area (Å²) in [5.74, 6) is -0.198. The van der Waals surface area contributed by atoms with Crippen LogP contribution in [0.2, 0.25) is 5.02 Å². The first kappa shape index (κ1) is 17.7. The minimum atomic E-state index is -1.51. The molecule has 0 amide bonds. The second kappa shape index (κ2) is 6.32. The topological polar surface area (TPSA) is 52.6 Å². The van der Waals surface area contributed by atoms with Gasteiger partial charge in [-0.15, -0.1) is 23.5 Å². The summed E-state index contributed by atoms with van der Waals surface area (Å²) >= 11 is 9.28. The minimum Gasteiger partial charge on any atom is -0.495 e. The number of benzene rings is 1. The van der Waals surface area contributed by atoms with Crippen LogP contribution in [0.1, 0.15) is 23.7 Å². The highest BCUT2D eigenvalue weighted by Crippen LogP contribution is 2.52. The van der Waals surface area contributed by atoms with Crippen LogP contribution >= 0.6 is 35.1 Å². The van der Waals surface area contributed by atoms with Crippen molar-refractivity contribution < 1.29 is 19.1 Å². The summed E-state index contributed by atoms with van der Waals surface area (Å²) < 4.78 is 11.3. The molecular formula is C17H17ClO4S2. The van der Waals surface area contributed by atoms with Crippen LogP contribution in [0.25, 0.3) is 0 Å². The molecule has 3 rings (SSSR count). The lowest BCUT2D eigenvalue weighted by molar-refractivity contribution is -0.129. The molecule has 0 bridgehead atoms. The zero-order valence-corrected chi connectivity index (χ0v) is 16.2. The number of rotatable bonds is 3. The van der Waals surface area contributed by atoms with Crippen LogP contribution in [0, 0.1) is 5.92 Å². The van der Waals surface area contributed by atoms with Crippen molar-refractivity contribution >= 4 is 46.7 Å². The fourth-order valence-electron chi connectivity index (χ4n) is 3.23. The van der Waals surface area contributed by atoms with E-state index in [0.717, 1.165) is 4.91 Å². The molecule has 1 aliphatic heterocycles. The molecule has 7 heteroatoms. The summed E-state index contributed by atoms with van der Waals surface area (Å²) in [6, 6.07) is 1.72. The van der Waals surface area contributed by atoms with Gasteiger partial charge in [0.25, 0.3) is 0 Å². The molecule has 128 valence electrons. The molecule has 1 spiro atoms. The third kappa shape index (κ3) is 2.30. The SMILES string of the molecule is COc1cc(SC)c2c(c1Cl)OC1(C(=O)C=C(SC)CC1C)C2=O. The molecule has 1 aromatic carbocycles. The van der Waals surface area contributed by atoms with E-state index >= 15 is 0 Å². The number of hydrogen-bond acceptors (Lipinski definition) is 6. The molecule has 2 aliphatic rings. The number of thioether (sulfide) groups is 2. The van der Waals surface area contributed by atoms with Crippen LogP contribution < -0.4 is 9.47 Å². The second-order valence-electron chi connectivity index (χ2n) is 5.75. The summed E-state index contributed by atoms with van der Waals surface area (Å²) in [6.07, 6.45) is 5.93. The van der Waals surface area contributed by atoms with Gasteiger partial charge in [-0.25, -0.2) is 0 Å². The number of carbonyl (C=O) groups excluding carboxylic acids is 2. The van der Waals surface area contributed by atoms with Crippen molar-refractivity contribution in [2.45, 2.75) is 23.8 Å². The average Bonchev–Trinajstić information content (AvgIpc) is 2.88. The van der Waals surface area contributed by atoms with Gasteiger partial charge in [0, 0.05) is 10.8 Å². The van der Waals surface area contributed by atoms with Gasteiger partial charge in [0.15, 0.2) is 5.75 Å². The smallest absolute Gasteiger partial charge is 0.236 e. The molecule has 2 atom stereocenters. The highest BCUT2D eigenvalue weighted by atomic mass is 35.5. The summed E-state index contributed by atoms with van der Waals surface area (Å²) in [4.78, 5) is 27.7. The number of ether oxygens (including phenoxy) is 2. The van der Waals surface area contributed by atoms with Gasteiger partial charge in [0.2, 0.25) is 17.2 Å². The number of fused-ring (bicyclic) bond motifs is 1. The van der Waals surface area contributed by atoms with Crippen LogP contribution in [0.15, 0.2) is 21.9 Å². The summed E-state index contributed by atoms with van der Waals surface area (Å²) in [7, 11) is 1.51. The number of allylic oxidation sites excluding steroid dienone is 1. The molecule has 24 heavy (non-hydrogen) atoms. The van der Waals surface area contributed by atoms with Crippen molar-refractivity contribution in [1.82, 2.24) is 0 Å². The standard InChI is InChI=1S/C17H17ClO4S2/c1-8-5-9(23-3)6-12(19)17(8)16(20)13-11(24-4)7-10(21-2)14(18)15(13)22-17/h6-8H,5H2,1-4H3. The number of ketones is 2. The Morgan fingerprint density at radius 1 is 1.33 bits per heavy atom. The van der Waals surface area contributed by atoms with E-state index in [-0.39, 0.29) is 28.3 Å². The van der Waals surface area contributed by atoms with Crippen molar-refractivity contribution in [3.8, 4) is 11.5 Å². The van der Waals surface area contributed by atoms with E-state index in [2.05, 4.69) is 0 Å². The summed E-state index contributed by atoms with van der Waals surface area (Å²) in [5, 5.41) is 0.232. The van der Waals surface area contributed by atoms with E-state index in [1.165, 1.54) is 36.7 Å². The molecule has 1 heterocycles. The Morgan fingerprint density at radius 2 is 2.04 bits per heavy atom. The largest absolute Gasteiger partial charge is 0.495 e. The fourth-order valence-corrected chi connectivity index (χ4v) is 4.75. The van der Waals surface area contributed by atoms with Gasteiger partial charge in [-0.3, -0.25) is 9.59 Å². The summed E-state index contributed by atoms with van der Waals surface area (Å²) in [6.45, 7) is 1.87. The van der Waals surface area contributed by atoms with Crippen LogP contribution in [0.3, 0.4) is 0 Å². The van der Waals surface area contributed by atoms with E-state index in [0.29, 0.717) is 22.6 Å². The third-order valence-corrected chi connectivity index (χ3v) is 6.47. The van der Waals surface area contributed by atoms with Gasteiger partial charge in [-0.1, -0.05) is 18.5 Å². The van der Waals surface area contributed by atoms with Crippen LogP contribution in [-0.4, -0.2) is 36.8 Å². The van der Waals surface area contributed by atoms with E-state index in [1.54, 1.807) is 6.07 Å². The van der Waals surface area contributed by atoms with E-state index in [9.17, 15) is 9.59 Å². The maximum atomic E-state index is 13.2. The number of halogens is 1. The lowest BCUT2D eigenvalue weighted by Crippen LogP contribution is -2.54. The summed E-state index contributed by atoms with van der Waals surface area (Å²) in [5.41, 5.74) is -1.13. The van der Waals surface area contributed by atoms with Crippen molar-refractivity contribution in [2.24, 2.45) is 5.92 Å². The molecular weight excluding hydrogens is 368 g/mol. The molecule has 0 saturated heterocycles. The molecule has 0 aromatic heterocycles. The number of Topliss-reactive ketones (excluding diaryl/α,β-unsaturated/α-hetero) is 1. The highest BCUT2D eigenvalue weighted by Gasteiger charge is 2.59. The molecule has 2 unspecified atom stereocenters. The predicted octanol–water partition coefficient (Wildman–Crippen LogP) is 4.24. The molecule has 0 fully saturated rings. The van der Waals surface area contributed by atoms with Crippen molar-refractivity contribution in [1.29, 1.82) is 0 Å². The van der Waals surface area contributed by atoms with Crippen LogP contribution in [-0.2, 0) is 4.79 Å². The number of hydrogen-bond donors (Lipinski definition) is 0. The zero-order valence-electron chi connectivity index (χ0n) is 13.8. The quantitative estimate of drug-likeness (QED) is 0.574. The van der Waals surface area contributed by atoms with E-state index in [1.807, 2.05) is 19.4 Å². The maximum absolute atomic E-state index is 13.2. The molecule has 0 N–H and O–H groups in total. The molecule has 0 radical (unpaired) electrons. The van der Waals surface area contributed by atoms with E-state index < -0.39 is 5.60 Å². The number of carbonyl (C=O) groups is 2. The first-order chi connectivity index (χ1) is 11.4. The van der Waals surface area contributed by atoms with Gasteiger partial charge < -0.3 is 9.47 Å². The van der Waals surface area contributed by atoms with Gasteiger partial charge >= 0.3 is 0 Å². The Morgan fingerprint density at radius 3 is 2.58 bits per heavy atom. The molecule has 1 aliphatic carbocycles. The Kier molecular flexibility index (Phi) is 4.66. The Hall–Kier alpha value is -1.11. The Balaban J connectivity index is 2.20. The molecule has 1 aromatic rings. The van der Waals surface area contributed by atoms with Gasteiger partial charge in [0.05, 0.1) is 12.7 Å². The molecule has 4 nitrogen and oxygen atoms in total. The monoisotopic (exact) mass is 384 g/mol. The van der Waals surface area contributed by atoms with Gasteiger partial charge in [-0.2, -0.15) is 0 Å². The van der Waals surface area contributed by atoms with Crippen molar-refractivity contribution in [3.63, 3.8) is 0 Å². The first-order valence-corrected chi connectivity index (χ1v) is 10.2. The van der Waals surface area contributed by atoms with Crippen molar-refractivity contribution in [3.05, 3.63) is 27.6 Å². The minimum absolute atomic E-state index is 0.232. The van der Waals surface area contributed by atoms with Crippen LogP contribution in [0.4, 0.5) is 0 Å². The Bertz CT molecular complexity index is 774. The lowest BCUT2D eigenvalue weighted by Gasteiger charge is -2.34. The Labute approximate surface area is 154 Å². The fraction of sp³-hybridized carbons (Fsp3) is 0.412. The van der Waals surface area contributed by atoms with Crippen molar-refractivity contribution in [2.75, 3.05) is 19.6 Å². The second-order valence-corrected chi connectivity index (χ2v) is 7.91. The predicted molar refractivity (Wildman–Crippen MR) is 97.9 cm³/mol.